The number of nitrogens with zero attached hydrogens (tertiary/aromatic N) is 6. The predicted octanol–water partition coefficient (Wildman–Crippen LogP) is 1.18. The Morgan fingerprint density at radius 3 is 2.76 bits per heavy atom. The summed E-state index contributed by atoms with van der Waals surface area (Å²) in [6, 6.07) is 9.75. The van der Waals surface area contributed by atoms with Gasteiger partial charge in [-0.15, -0.1) is 5.10 Å². The highest BCUT2D eigenvalue weighted by molar-refractivity contribution is 7.98. The molecule has 1 aromatic carbocycles. The van der Waals surface area contributed by atoms with E-state index in [1.165, 1.54) is 11.8 Å². The van der Waals surface area contributed by atoms with E-state index in [0.29, 0.717) is 5.75 Å². The maximum Gasteiger partial charge on any atom is 0.168 e. The van der Waals surface area contributed by atoms with Crippen molar-refractivity contribution in [1.29, 1.82) is 0 Å². The molecular formula is C13H14N6OS. The van der Waals surface area contributed by atoms with Crippen LogP contribution < -0.4 is 0 Å². The molecule has 0 bridgehead atoms. The van der Waals surface area contributed by atoms with E-state index in [1.807, 2.05) is 41.9 Å². The summed E-state index contributed by atoms with van der Waals surface area (Å²) in [5.41, 5.74) is 1.70. The number of imidazole rings is 1. The van der Waals surface area contributed by atoms with Gasteiger partial charge in [-0.05, 0) is 22.6 Å². The second kappa shape index (κ2) is 6.06. The van der Waals surface area contributed by atoms with Crippen molar-refractivity contribution in [2.45, 2.75) is 17.5 Å². The van der Waals surface area contributed by atoms with Gasteiger partial charge in [0.1, 0.15) is 0 Å². The quantitative estimate of drug-likeness (QED) is 0.713. The van der Waals surface area contributed by atoms with E-state index in [1.54, 1.807) is 10.9 Å². The van der Waals surface area contributed by atoms with Gasteiger partial charge in [-0.2, -0.15) is 4.68 Å². The van der Waals surface area contributed by atoms with Gasteiger partial charge in [0.25, 0.3) is 0 Å². The number of thioether (sulfide) groups is 1. The minimum absolute atomic E-state index is 0.0220. The van der Waals surface area contributed by atoms with Crippen molar-refractivity contribution in [3.8, 4) is 5.69 Å². The first-order valence-corrected chi connectivity index (χ1v) is 7.35. The molecule has 0 amide bonds. The van der Waals surface area contributed by atoms with Crippen LogP contribution in [0.1, 0.15) is 11.5 Å². The minimum atomic E-state index is -0.0220. The minimum Gasteiger partial charge on any atom is -0.390 e. The van der Waals surface area contributed by atoms with Crippen molar-refractivity contribution in [2.75, 3.05) is 0 Å². The molecule has 0 aliphatic carbocycles. The van der Waals surface area contributed by atoms with Crippen molar-refractivity contribution in [2.24, 2.45) is 7.05 Å². The highest BCUT2D eigenvalue weighted by atomic mass is 32.2. The van der Waals surface area contributed by atoms with Gasteiger partial charge in [0, 0.05) is 7.05 Å². The van der Waals surface area contributed by atoms with E-state index in [0.717, 1.165) is 22.4 Å². The third-order valence-electron chi connectivity index (χ3n) is 3.07. The summed E-state index contributed by atoms with van der Waals surface area (Å²) in [4.78, 5) is 4.28. The monoisotopic (exact) mass is 302 g/mol. The van der Waals surface area contributed by atoms with Gasteiger partial charge in [0.15, 0.2) is 11.0 Å². The van der Waals surface area contributed by atoms with Gasteiger partial charge in [-0.3, -0.25) is 0 Å². The van der Waals surface area contributed by atoms with Crippen LogP contribution in [0.4, 0.5) is 0 Å². The topological polar surface area (TPSA) is 81.7 Å². The number of aliphatic hydroxyl groups is 1. The number of aliphatic hydroxyl groups excluding tert-OH is 1. The summed E-state index contributed by atoms with van der Waals surface area (Å²) in [5, 5.41) is 21.8. The lowest BCUT2D eigenvalue weighted by molar-refractivity contribution is 0.271. The van der Waals surface area contributed by atoms with Crippen LogP contribution in [0.3, 0.4) is 0 Å². The molecular weight excluding hydrogens is 288 g/mol. The molecule has 0 unspecified atom stereocenters. The lowest BCUT2D eigenvalue weighted by Crippen LogP contribution is -2.03. The number of para-hydroxylation sites is 1. The molecule has 7 nitrogen and oxygen atoms in total. The third-order valence-corrected chi connectivity index (χ3v) is 4.11. The average molecular weight is 302 g/mol. The van der Waals surface area contributed by atoms with E-state index in [9.17, 15) is 5.11 Å². The number of rotatable bonds is 5. The van der Waals surface area contributed by atoms with Gasteiger partial charge in [-0.1, -0.05) is 30.0 Å². The number of hydrogen-bond donors (Lipinski definition) is 1. The fraction of sp³-hybridized carbons (Fsp3) is 0.231. The molecule has 21 heavy (non-hydrogen) atoms. The van der Waals surface area contributed by atoms with E-state index in [4.69, 9.17) is 0 Å². The summed E-state index contributed by atoms with van der Waals surface area (Å²) in [5.74, 6) is 1.34. The largest absolute Gasteiger partial charge is 0.390 e. The number of hydrogen-bond acceptors (Lipinski definition) is 6. The van der Waals surface area contributed by atoms with E-state index in [2.05, 4.69) is 20.5 Å². The Balaban J connectivity index is 1.77. The van der Waals surface area contributed by atoms with Crippen molar-refractivity contribution in [3.63, 3.8) is 0 Å². The molecule has 1 N–H and O–H groups in total. The van der Waals surface area contributed by atoms with Crippen molar-refractivity contribution >= 4 is 11.8 Å². The standard InChI is InChI=1S/C13H14N6OS/c1-18-11(8-20)7-14-13(18)21-9-12-15-16-17-19(12)10-5-3-2-4-6-10/h2-7,20H,8-9H2,1H3. The zero-order chi connectivity index (χ0) is 14.7. The first-order valence-electron chi connectivity index (χ1n) is 6.36. The van der Waals surface area contributed by atoms with Crippen LogP contribution in [-0.4, -0.2) is 34.9 Å². The lowest BCUT2D eigenvalue weighted by atomic mass is 10.3. The van der Waals surface area contributed by atoms with E-state index >= 15 is 0 Å². The molecule has 2 aromatic heterocycles. The van der Waals surface area contributed by atoms with E-state index in [-0.39, 0.29) is 6.61 Å². The van der Waals surface area contributed by atoms with Gasteiger partial charge >= 0.3 is 0 Å². The number of benzene rings is 1. The van der Waals surface area contributed by atoms with Crippen molar-refractivity contribution in [3.05, 3.63) is 48.0 Å². The third kappa shape index (κ3) is 2.81. The van der Waals surface area contributed by atoms with Crippen LogP contribution in [0.25, 0.3) is 5.69 Å². The van der Waals surface area contributed by atoms with Crippen LogP contribution in [0, 0.1) is 0 Å². The Kier molecular flexibility index (Phi) is 3.98. The molecule has 0 aliphatic rings. The van der Waals surface area contributed by atoms with Gasteiger partial charge < -0.3 is 9.67 Å². The highest BCUT2D eigenvalue weighted by Gasteiger charge is 2.11. The molecule has 0 saturated carbocycles. The Bertz CT molecular complexity index is 723. The highest BCUT2D eigenvalue weighted by Crippen LogP contribution is 2.21. The van der Waals surface area contributed by atoms with Crippen LogP contribution in [0.5, 0.6) is 0 Å². The molecule has 2 heterocycles. The zero-order valence-electron chi connectivity index (χ0n) is 11.4. The molecule has 108 valence electrons. The first kappa shape index (κ1) is 13.8. The molecule has 0 radical (unpaired) electrons. The zero-order valence-corrected chi connectivity index (χ0v) is 12.2. The van der Waals surface area contributed by atoms with Gasteiger partial charge in [-0.25, -0.2) is 4.98 Å². The summed E-state index contributed by atoms with van der Waals surface area (Å²) in [6.45, 7) is -0.0220. The lowest BCUT2D eigenvalue weighted by Gasteiger charge is -2.05. The average Bonchev–Trinajstić information content (AvgIpc) is 3.12. The van der Waals surface area contributed by atoms with Crippen LogP contribution in [0.15, 0.2) is 41.7 Å². The molecule has 3 rings (SSSR count). The molecule has 0 aliphatic heterocycles. The molecule has 0 atom stereocenters. The summed E-state index contributed by atoms with van der Waals surface area (Å²) in [6.07, 6.45) is 1.67. The summed E-state index contributed by atoms with van der Waals surface area (Å²) < 4.78 is 3.57. The predicted molar refractivity (Wildman–Crippen MR) is 77.8 cm³/mol. The maximum atomic E-state index is 9.17. The molecule has 3 aromatic rings. The molecule has 0 spiro atoms. The second-order valence-corrected chi connectivity index (χ2v) is 5.32. The smallest absolute Gasteiger partial charge is 0.168 e. The van der Waals surface area contributed by atoms with Crippen molar-refractivity contribution in [1.82, 2.24) is 29.8 Å². The Labute approximate surface area is 125 Å². The molecule has 8 heteroatoms. The van der Waals surface area contributed by atoms with Gasteiger partial charge in [0.05, 0.1) is 29.9 Å². The molecule has 0 saturated heterocycles. The Hall–Kier alpha value is -2.19. The first-order chi connectivity index (χ1) is 10.3. The molecule has 0 fully saturated rings. The Morgan fingerprint density at radius 2 is 2.05 bits per heavy atom. The van der Waals surface area contributed by atoms with Crippen molar-refractivity contribution < 1.29 is 5.11 Å². The fourth-order valence-electron chi connectivity index (χ4n) is 1.90. The van der Waals surface area contributed by atoms with Crippen LogP contribution in [-0.2, 0) is 19.4 Å². The fourth-order valence-corrected chi connectivity index (χ4v) is 2.78. The summed E-state index contributed by atoms with van der Waals surface area (Å²) >= 11 is 1.53. The normalized spacial score (nSPS) is 11.0. The number of aromatic nitrogens is 6. The SMILES string of the molecule is Cn1c(CO)cnc1SCc1nnnn1-c1ccccc1. The Morgan fingerprint density at radius 1 is 1.24 bits per heavy atom. The number of tetrazole rings is 1. The van der Waals surface area contributed by atoms with E-state index < -0.39 is 0 Å². The maximum absolute atomic E-state index is 9.17. The van der Waals surface area contributed by atoms with Crippen LogP contribution >= 0.6 is 11.8 Å². The second-order valence-electron chi connectivity index (χ2n) is 4.38. The summed E-state index contributed by atoms with van der Waals surface area (Å²) in [7, 11) is 1.88. The van der Waals surface area contributed by atoms with Gasteiger partial charge in [0.2, 0.25) is 0 Å². The van der Waals surface area contributed by atoms with Crippen LogP contribution in [0.2, 0.25) is 0 Å².